The van der Waals surface area contributed by atoms with Crippen LogP contribution in [0.5, 0.6) is 0 Å². The summed E-state index contributed by atoms with van der Waals surface area (Å²) in [6.07, 6.45) is 7.27. The van der Waals surface area contributed by atoms with Gasteiger partial charge in [0.2, 0.25) is 5.91 Å². The zero-order valence-corrected chi connectivity index (χ0v) is 10.2. The number of nitrogens with one attached hydrogen (secondary N) is 1. The van der Waals surface area contributed by atoms with Crippen LogP contribution in [-0.4, -0.2) is 18.5 Å². The lowest BCUT2D eigenvalue weighted by atomic mass is 9.84. The van der Waals surface area contributed by atoms with Crippen LogP contribution in [0.25, 0.3) is 0 Å². The molecule has 2 fully saturated rings. The highest BCUT2D eigenvalue weighted by Crippen LogP contribution is 2.37. The molecule has 3 nitrogen and oxygen atoms in total. The van der Waals surface area contributed by atoms with Crippen molar-refractivity contribution < 1.29 is 4.79 Å². The van der Waals surface area contributed by atoms with Gasteiger partial charge in [-0.25, -0.2) is 0 Å². The summed E-state index contributed by atoms with van der Waals surface area (Å²) in [5.74, 6) is 1.62. The molecule has 2 rings (SSSR count). The molecule has 0 saturated heterocycles. The molecule has 3 atom stereocenters. The van der Waals surface area contributed by atoms with E-state index < -0.39 is 0 Å². The fourth-order valence-electron chi connectivity index (χ4n) is 2.80. The first-order valence-electron chi connectivity index (χ1n) is 6.72. The Balaban J connectivity index is 1.84. The molecule has 0 aliphatic heterocycles. The van der Waals surface area contributed by atoms with E-state index in [9.17, 15) is 4.79 Å². The number of hydrogen-bond donors (Lipinski definition) is 2. The van der Waals surface area contributed by atoms with Crippen molar-refractivity contribution in [3.8, 4) is 0 Å². The highest BCUT2D eigenvalue weighted by molar-refractivity contribution is 5.79. The molecular formula is C13H24N2O. The van der Waals surface area contributed by atoms with E-state index in [0.29, 0.717) is 24.4 Å². The number of carbonyl (C=O) groups excluding carboxylic acids is 1. The number of nitrogens with two attached hydrogens (primary N) is 1. The predicted octanol–water partition coefficient (Wildman–Crippen LogP) is 1.67. The lowest BCUT2D eigenvalue weighted by Gasteiger charge is -2.32. The van der Waals surface area contributed by atoms with Gasteiger partial charge in [0.05, 0.1) is 0 Å². The van der Waals surface area contributed by atoms with Crippen molar-refractivity contribution >= 4 is 5.91 Å². The molecule has 16 heavy (non-hydrogen) atoms. The van der Waals surface area contributed by atoms with Crippen LogP contribution < -0.4 is 11.1 Å². The third-order valence-corrected chi connectivity index (χ3v) is 4.28. The van der Waals surface area contributed by atoms with Crippen LogP contribution in [0.1, 0.15) is 45.4 Å². The minimum atomic E-state index is 0.209. The summed E-state index contributed by atoms with van der Waals surface area (Å²) in [6.45, 7) is 2.77. The standard InChI is InChI=1S/C13H24N2O/c1-9(10-6-7-10)13(16)15-12-5-3-2-4-11(12)8-14/h9-12H,2-8,14H2,1H3,(H,15,16). The number of rotatable bonds is 4. The van der Waals surface area contributed by atoms with Gasteiger partial charge >= 0.3 is 0 Å². The van der Waals surface area contributed by atoms with Crippen molar-refractivity contribution in [1.82, 2.24) is 5.32 Å². The van der Waals surface area contributed by atoms with Gasteiger partial charge in [0.1, 0.15) is 0 Å². The first kappa shape index (κ1) is 11.9. The Morgan fingerprint density at radius 2 is 2.00 bits per heavy atom. The van der Waals surface area contributed by atoms with Gasteiger partial charge in [0.25, 0.3) is 0 Å². The van der Waals surface area contributed by atoms with Crippen molar-refractivity contribution in [2.45, 2.75) is 51.5 Å². The second-order valence-electron chi connectivity index (χ2n) is 5.52. The summed E-state index contributed by atoms with van der Waals surface area (Å²) in [7, 11) is 0. The highest BCUT2D eigenvalue weighted by atomic mass is 16.1. The Bertz CT molecular complexity index is 250. The number of hydrogen-bond acceptors (Lipinski definition) is 2. The van der Waals surface area contributed by atoms with Crippen molar-refractivity contribution in [3.63, 3.8) is 0 Å². The van der Waals surface area contributed by atoms with E-state index in [0.717, 1.165) is 6.42 Å². The number of amides is 1. The fourth-order valence-corrected chi connectivity index (χ4v) is 2.80. The largest absolute Gasteiger partial charge is 0.353 e. The van der Waals surface area contributed by atoms with Crippen molar-refractivity contribution in [3.05, 3.63) is 0 Å². The molecular weight excluding hydrogens is 200 g/mol. The monoisotopic (exact) mass is 224 g/mol. The summed E-state index contributed by atoms with van der Waals surface area (Å²) in [4.78, 5) is 12.0. The molecule has 2 saturated carbocycles. The first-order valence-corrected chi connectivity index (χ1v) is 6.72. The molecule has 92 valence electrons. The summed E-state index contributed by atoms with van der Waals surface area (Å²) in [6, 6.07) is 0.340. The average molecular weight is 224 g/mol. The summed E-state index contributed by atoms with van der Waals surface area (Å²) in [5, 5.41) is 3.22. The fraction of sp³-hybridized carbons (Fsp3) is 0.923. The molecule has 2 aliphatic carbocycles. The SMILES string of the molecule is CC(C(=O)NC1CCCCC1CN)C1CC1. The van der Waals surface area contributed by atoms with Crippen LogP contribution in [0, 0.1) is 17.8 Å². The van der Waals surface area contributed by atoms with Gasteiger partial charge in [0, 0.05) is 12.0 Å². The predicted molar refractivity (Wildman–Crippen MR) is 64.8 cm³/mol. The van der Waals surface area contributed by atoms with Crippen LogP contribution >= 0.6 is 0 Å². The lowest BCUT2D eigenvalue weighted by molar-refractivity contribution is -0.126. The van der Waals surface area contributed by atoms with Gasteiger partial charge in [-0.2, -0.15) is 0 Å². The summed E-state index contributed by atoms with van der Waals surface area (Å²) in [5.41, 5.74) is 5.77. The van der Waals surface area contributed by atoms with E-state index in [2.05, 4.69) is 12.2 Å². The van der Waals surface area contributed by atoms with Crippen LogP contribution in [0.3, 0.4) is 0 Å². The molecule has 2 aliphatic rings. The smallest absolute Gasteiger partial charge is 0.223 e. The van der Waals surface area contributed by atoms with Crippen LogP contribution in [0.2, 0.25) is 0 Å². The Hall–Kier alpha value is -0.570. The third-order valence-electron chi connectivity index (χ3n) is 4.28. The van der Waals surface area contributed by atoms with Gasteiger partial charge in [-0.1, -0.05) is 19.8 Å². The second-order valence-corrected chi connectivity index (χ2v) is 5.52. The summed E-state index contributed by atoms with van der Waals surface area (Å²) < 4.78 is 0. The molecule has 0 aromatic carbocycles. The Morgan fingerprint density at radius 1 is 1.31 bits per heavy atom. The quantitative estimate of drug-likeness (QED) is 0.763. The van der Waals surface area contributed by atoms with E-state index in [4.69, 9.17) is 5.73 Å². The highest BCUT2D eigenvalue weighted by Gasteiger charge is 2.34. The minimum Gasteiger partial charge on any atom is -0.353 e. The number of carbonyl (C=O) groups is 1. The van der Waals surface area contributed by atoms with Crippen molar-refractivity contribution in [1.29, 1.82) is 0 Å². The third kappa shape index (κ3) is 2.76. The second kappa shape index (κ2) is 5.17. The maximum Gasteiger partial charge on any atom is 0.223 e. The molecule has 0 radical (unpaired) electrons. The van der Waals surface area contributed by atoms with E-state index in [1.54, 1.807) is 0 Å². The summed E-state index contributed by atoms with van der Waals surface area (Å²) >= 11 is 0. The Kier molecular flexibility index (Phi) is 3.85. The van der Waals surface area contributed by atoms with E-state index in [1.807, 2.05) is 0 Å². The topological polar surface area (TPSA) is 55.1 Å². The van der Waals surface area contributed by atoms with Gasteiger partial charge in [0.15, 0.2) is 0 Å². The Morgan fingerprint density at radius 3 is 2.62 bits per heavy atom. The van der Waals surface area contributed by atoms with E-state index >= 15 is 0 Å². The van der Waals surface area contributed by atoms with Crippen LogP contribution in [0.4, 0.5) is 0 Å². The van der Waals surface area contributed by atoms with Crippen molar-refractivity contribution in [2.75, 3.05) is 6.54 Å². The minimum absolute atomic E-state index is 0.209. The van der Waals surface area contributed by atoms with Gasteiger partial charge in [-0.15, -0.1) is 0 Å². The van der Waals surface area contributed by atoms with Gasteiger partial charge in [-0.05, 0) is 44.1 Å². The Labute approximate surface area is 98.2 Å². The van der Waals surface area contributed by atoms with E-state index in [-0.39, 0.29) is 11.8 Å². The van der Waals surface area contributed by atoms with Gasteiger partial charge < -0.3 is 11.1 Å². The average Bonchev–Trinajstić information content (AvgIpc) is 3.12. The van der Waals surface area contributed by atoms with Crippen LogP contribution in [0.15, 0.2) is 0 Å². The molecule has 0 aromatic rings. The maximum absolute atomic E-state index is 12.0. The zero-order chi connectivity index (χ0) is 11.5. The van der Waals surface area contributed by atoms with E-state index in [1.165, 1.54) is 32.1 Å². The van der Waals surface area contributed by atoms with Gasteiger partial charge in [-0.3, -0.25) is 4.79 Å². The molecule has 0 heterocycles. The molecule has 3 unspecified atom stereocenters. The molecule has 0 aromatic heterocycles. The maximum atomic E-state index is 12.0. The molecule has 3 N–H and O–H groups in total. The zero-order valence-electron chi connectivity index (χ0n) is 10.2. The van der Waals surface area contributed by atoms with Crippen molar-refractivity contribution in [2.24, 2.45) is 23.5 Å². The first-order chi connectivity index (χ1) is 7.72. The normalized spacial score (nSPS) is 32.1. The molecule has 1 amide bonds. The molecule has 3 heteroatoms. The van der Waals surface area contributed by atoms with Crippen LogP contribution in [-0.2, 0) is 4.79 Å². The molecule has 0 spiro atoms. The molecule has 0 bridgehead atoms. The lowest BCUT2D eigenvalue weighted by Crippen LogP contribution is -2.46.